The van der Waals surface area contributed by atoms with E-state index in [4.69, 9.17) is 5.11 Å². The third kappa shape index (κ3) is 0.598. The van der Waals surface area contributed by atoms with Crippen LogP contribution in [0.3, 0.4) is 0 Å². The molecule has 0 aliphatic rings. The Morgan fingerprint density at radius 1 is 1.67 bits per heavy atom. The van der Waals surface area contributed by atoms with Crippen LogP contribution in [0.15, 0.2) is 17.8 Å². The quantitative estimate of drug-likeness (QED) is 0.595. The van der Waals surface area contributed by atoms with Gasteiger partial charge in [0.1, 0.15) is 0 Å². The summed E-state index contributed by atoms with van der Waals surface area (Å²) in [6.07, 6.45) is 3.43. The lowest BCUT2D eigenvalue weighted by Gasteiger charge is -1.71. The molecule has 0 saturated heterocycles. The molecule has 0 amide bonds. The maximum absolute atomic E-state index is 8.82. The first-order valence-electron chi connectivity index (χ1n) is 2.47. The van der Waals surface area contributed by atoms with Crippen molar-refractivity contribution in [3.63, 3.8) is 0 Å². The maximum Gasteiger partial charge on any atom is 0.230 e. The highest BCUT2D eigenvalue weighted by Crippen LogP contribution is 2.14. The van der Waals surface area contributed by atoms with Crippen molar-refractivity contribution in [3.8, 4) is 5.88 Å². The van der Waals surface area contributed by atoms with Gasteiger partial charge in [0.2, 0.25) is 5.88 Å². The van der Waals surface area contributed by atoms with Crippen molar-refractivity contribution in [1.29, 1.82) is 0 Å². The van der Waals surface area contributed by atoms with E-state index in [1.807, 2.05) is 11.6 Å². The van der Waals surface area contributed by atoms with Gasteiger partial charge in [0.25, 0.3) is 0 Å². The van der Waals surface area contributed by atoms with Crippen LogP contribution in [0.4, 0.5) is 0 Å². The Kier molecular flexibility index (Phi) is 0.790. The van der Waals surface area contributed by atoms with Gasteiger partial charge in [-0.3, -0.25) is 4.40 Å². The number of rotatable bonds is 0. The fourth-order valence-electron chi connectivity index (χ4n) is 0.715. The minimum absolute atomic E-state index is 0.0850. The topological polar surface area (TPSA) is 37.5 Å². The largest absolute Gasteiger partial charge is 0.492 e. The number of hydrogen-bond donors (Lipinski definition) is 1. The molecule has 0 fully saturated rings. The lowest BCUT2D eigenvalue weighted by atomic mass is 10.8. The maximum atomic E-state index is 8.82. The molecule has 0 unspecified atom stereocenters. The predicted octanol–water partition coefficient (Wildman–Crippen LogP) is 1.10. The lowest BCUT2D eigenvalue weighted by Crippen LogP contribution is -1.66. The van der Waals surface area contributed by atoms with Crippen molar-refractivity contribution in [3.05, 3.63) is 17.8 Å². The van der Waals surface area contributed by atoms with E-state index in [2.05, 4.69) is 4.98 Å². The highest BCUT2D eigenvalue weighted by atomic mass is 32.1. The summed E-state index contributed by atoms with van der Waals surface area (Å²) in [5.41, 5.74) is 0. The fraction of sp³-hybridized carbons (Fsp3) is 0. The van der Waals surface area contributed by atoms with Gasteiger partial charge < -0.3 is 5.11 Å². The van der Waals surface area contributed by atoms with Crippen LogP contribution in [0.1, 0.15) is 0 Å². The molecule has 1 N–H and O–H groups in total. The number of thiazole rings is 1. The second-order valence-corrected chi connectivity index (χ2v) is 2.56. The molecular weight excluding hydrogens is 136 g/mol. The van der Waals surface area contributed by atoms with Crippen molar-refractivity contribution in [2.24, 2.45) is 0 Å². The molecule has 0 aliphatic heterocycles. The number of hydrogen-bond acceptors (Lipinski definition) is 3. The molecule has 2 aromatic rings. The molecule has 46 valence electrons. The van der Waals surface area contributed by atoms with Crippen LogP contribution >= 0.6 is 11.3 Å². The second kappa shape index (κ2) is 1.48. The van der Waals surface area contributed by atoms with Crippen LogP contribution in [0.5, 0.6) is 5.88 Å². The Hall–Kier alpha value is -1.03. The first-order valence-corrected chi connectivity index (χ1v) is 3.35. The normalized spacial score (nSPS) is 10.7. The first kappa shape index (κ1) is 4.81. The van der Waals surface area contributed by atoms with Crippen LogP contribution in [0, 0.1) is 0 Å². The number of aromatic hydroxyl groups is 1. The van der Waals surface area contributed by atoms with Crippen molar-refractivity contribution < 1.29 is 5.11 Å². The molecular formula is C5H4N2OS. The van der Waals surface area contributed by atoms with Gasteiger partial charge in [0, 0.05) is 11.6 Å². The zero-order valence-electron chi connectivity index (χ0n) is 4.48. The van der Waals surface area contributed by atoms with E-state index in [0.29, 0.717) is 0 Å². The Balaban J connectivity index is 2.92. The van der Waals surface area contributed by atoms with Gasteiger partial charge in [0.05, 0.1) is 6.20 Å². The van der Waals surface area contributed by atoms with Gasteiger partial charge in [-0.15, -0.1) is 11.3 Å². The van der Waals surface area contributed by atoms with E-state index < -0.39 is 0 Å². The number of aromatic nitrogens is 2. The van der Waals surface area contributed by atoms with Crippen LogP contribution in [-0.2, 0) is 0 Å². The SMILES string of the molecule is Oc1cn2ccsc2n1. The molecule has 0 saturated carbocycles. The molecule has 9 heavy (non-hydrogen) atoms. The van der Waals surface area contributed by atoms with Crippen LogP contribution in [0.2, 0.25) is 0 Å². The average molecular weight is 140 g/mol. The second-order valence-electron chi connectivity index (χ2n) is 1.69. The minimum Gasteiger partial charge on any atom is -0.492 e. The lowest BCUT2D eigenvalue weighted by molar-refractivity contribution is 0.457. The number of imidazole rings is 1. The summed E-state index contributed by atoms with van der Waals surface area (Å²) >= 11 is 1.50. The van der Waals surface area contributed by atoms with E-state index >= 15 is 0 Å². The zero-order chi connectivity index (χ0) is 6.27. The van der Waals surface area contributed by atoms with Crippen molar-refractivity contribution in [1.82, 2.24) is 9.38 Å². The van der Waals surface area contributed by atoms with E-state index in [1.165, 1.54) is 11.3 Å². The van der Waals surface area contributed by atoms with Crippen LogP contribution < -0.4 is 0 Å². The van der Waals surface area contributed by atoms with E-state index in [0.717, 1.165) is 4.96 Å². The molecule has 0 aromatic carbocycles. The minimum atomic E-state index is 0.0850. The summed E-state index contributed by atoms with van der Waals surface area (Å²) in [6.45, 7) is 0. The highest BCUT2D eigenvalue weighted by Gasteiger charge is 1.96. The average Bonchev–Trinajstić information content (AvgIpc) is 2.22. The summed E-state index contributed by atoms with van der Waals surface area (Å²) < 4.78 is 1.78. The zero-order valence-corrected chi connectivity index (χ0v) is 5.30. The number of nitrogens with zero attached hydrogens (tertiary/aromatic N) is 2. The molecule has 2 heterocycles. The Bertz CT molecular complexity index is 296. The van der Waals surface area contributed by atoms with Gasteiger partial charge in [-0.05, 0) is 0 Å². The Morgan fingerprint density at radius 2 is 2.56 bits per heavy atom. The highest BCUT2D eigenvalue weighted by molar-refractivity contribution is 7.15. The van der Waals surface area contributed by atoms with Gasteiger partial charge in [0.15, 0.2) is 4.96 Å². The summed E-state index contributed by atoms with van der Waals surface area (Å²) in [4.78, 5) is 4.64. The summed E-state index contributed by atoms with van der Waals surface area (Å²) in [5.74, 6) is 0.0850. The van der Waals surface area contributed by atoms with E-state index in [1.54, 1.807) is 10.6 Å². The Morgan fingerprint density at radius 3 is 3.33 bits per heavy atom. The first-order chi connectivity index (χ1) is 4.36. The van der Waals surface area contributed by atoms with Crippen molar-refractivity contribution in [2.75, 3.05) is 0 Å². The molecule has 0 spiro atoms. The van der Waals surface area contributed by atoms with Gasteiger partial charge in [-0.1, -0.05) is 0 Å². The molecule has 0 atom stereocenters. The van der Waals surface area contributed by atoms with Crippen molar-refractivity contribution in [2.45, 2.75) is 0 Å². The van der Waals surface area contributed by atoms with Crippen LogP contribution in [-0.4, -0.2) is 14.5 Å². The molecule has 2 aromatic heterocycles. The summed E-state index contributed by atoms with van der Waals surface area (Å²) in [7, 11) is 0. The van der Waals surface area contributed by atoms with E-state index in [-0.39, 0.29) is 5.88 Å². The molecule has 3 nitrogen and oxygen atoms in total. The van der Waals surface area contributed by atoms with Crippen LogP contribution in [0.25, 0.3) is 4.96 Å². The molecule has 0 aliphatic carbocycles. The monoisotopic (exact) mass is 140 g/mol. The summed E-state index contributed by atoms with van der Waals surface area (Å²) in [5, 5.41) is 10.7. The Labute approximate surface area is 55.2 Å². The third-order valence-electron chi connectivity index (χ3n) is 1.08. The van der Waals surface area contributed by atoms with Gasteiger partial charge >= 0.3 is 0 Å². The smallest absolute Gasteiger partial charge is 0.230 e. The third-order valence-corrected chi connectivity index (χ3v) is 1.85. The predicted molar refractivity (Wildman–Crippen MR) is 34.7 cm³/mol. The van der Waals surface area contributed by atoms with Gasteiger partial charge in [-0.2, -0.15) is 4.98 Å². The molecule has 2 rings (SSSR count). The molecule has 4 heteroatoms. The molecule has 0 radical (unpaired) electrons. The number of fused-ring (bicyclic) bond motifs is 1. The fourth-order valence-corrected chi connectivity index (χ4v) is 1.41. The van der Waals surface area contributed by atoms with E-state index in [9.17, 15) is 0 Å². The summed E-state index contributed by atoms with van der Waals surface area (Å²) in [6, 6.07) is 0. The standard InChI is InChI=1S/C5H4N2OS/c8-4-3-7-1-2-9-5(7)6-4/h1-3,8H. The van der Waals surface area contributed by atoms with Gasteiger partial charge in [-0.25, -0.2) is 0 Å². The van der Waals surface area contributed by atoms with Crippen molar-refractivity contribution >= 4 is 16.3 Å². The molecule has 0 bridgehead atoms.